The van der Waals surface area contributed by atoms with Gasteiger partial charge >= 0.3 is 0 Å². The van der Waals surface area contributed by atoms with E-state index in [-0.39, 0.29) is 6.61 Å². The van der Waals surface area contributed by atoms with Gasteiger partial charge in [0.05, 0.1) is 12.7 Å². The molecule has 3 nitrogen and oxygen atoms in total. The lowest BCUT2D eigenvalue weighted by Crippen LogP contribution is -2.24. The second kappa shape index (κ2) is 8.59. The number of nitrogens with one attached hydrogen (secondary N) is 1. The molecule has 0 amide bonds. The van der Waals surface area contributed by atoms with E-state index >= 15 is 0 Å². The van der Waals surface area contributed by atoms with Crippen LogP contribution in [0.4, 0.5) is 0 Å². The molecule has 0 aliphatic rings. The highest BCUT2D eigenvalue weighted by Crippen LogP contribution is 2.21. The highest BCUT2D eigenvalue weighted by Gasteiger charge is 2.12. The van der Waals surface area contributed by atoms with E-state index < -0.39 is 6.10 Å². The molecule has 0 fully saturated rings. The molecule has 1 aromatic carbocycles. The Hall–Kier alpha value is -0.550. The molecule has 0 heterocycles. The first-order valence-corrected chi connectivity index (χ1v) is 7.91. The summed E-state index contributed by atoms with van der Waals surface area (Å²) < 4.78 is 0. The molecule has 0 aliphatic heterocycles. The third-order valence-electron chi connectivity index (χ3n) is 3.19. The van der Waals surface area contributed by atoms with Crippen LogP contribution in [0.25, 0.3) is 0 Å². The molecule has 0 saturated carbocycles. The minimum absolute atomic E-state index is 0.164. The van der Waals surface area contributed by atoms with Crippen molar-refractivity contribution in [2.24, 2.45) is 0 Å². The Labute approximate surface area is 120 Å². The van der Waals surface area contributed by atoms with Crippen LogP contribution in [0.3, 0.4) is 0 Å². The molecular formula is C15H25NO2S. The second-order valence-electron chi connectivity index (χ2n) is 4.83. The molecule has 4 heteroatoms. The highest BCUT2D eigenvalue weighted by molar-refractivity contribution is 7.99. The zero-order chi connectivity index (χ0) is 14.3. The topological polar surface area (TPSA) is 52.5 Å². The molecule has 3 N–H and O–H groups in total. The van der Waals surface area contributed by atoms with Gasteiger partial charge in [-0.3, -0.25) is 0 Å². The van der Waals surface area contributed by atoms with Crippen molar-refractivity contribution in [3.8, 4) is 0 Å². The van der Waals surface area contributed by atoms with Gasteiger partial charge in [0.15, 0.2) is 0 Å². The lowest BCUT2D eigenvalue weighted by molar-refractivity contribution is 0.113. The maximum Gasteiger partial charge on any atom is 0.0861 e. The van der Waals surface area contributed by atoms with Crippen molar-refractivity contribution in [3.63, 3.8) is 0 Å². The van der Waals surface area contributed by atoms with Crippen molar-refractivity contribution in [2.45, 2.75) is 32.9 Å². The Morgan fingerprint density at radius 1 is 1.21 bits per heavy atom. The Kier molecular flexibility index (Phi) is 7.46. The summed E-state index contributed by atoms with van der Waals surface area (Å²) in [7, 11) is 0. The van der Waals surface area contributed by atoms with Crippen LogP contribution in [0.5, 0.6) is 0 Å². The summed E-state index contributed by atoms with van der Waals surface area (Å²) in [5.41, 5.74) is 3.90. The first-order valence-electron chi connectivity index (χ1n) is 6.75. The summed E-state index contributed by atoms with van der Waals surface area (Å²) in [5.74, 6) is 1.47. The average Bonchev–Trinajstić information content (AvgIpc) is 2.40. The zero-order valence-electron chi connectivity index (χ0n) is 12.0. The average molecular weight is 283 g/mol. The van der Waals surface area contributed by atoms with E-state index in [1.807, 2.05) is 0 Å². The van der Waals surface area contributed by atoms with E-state index in [1.165, 1.54) is 16.7 Å². The summed E-state index contributed by atoms with van der Waals surface area (Å²) in [6, 6.07) is 6.84. The molecule has 0 aromatic heterocycles. The van der Waals surface area contributed by atoms with Crippen molar-refractivity contribution in [1.29, 1.82) is 0 Å². The predicted octanol–water partition coefficient (Wildman–Crippen LogP) is 2.04. The maximum atomic E-state index is 9.36. The number of benzene rings is 1. The van der Waals surface area contributed by atoms with Crippen LogP contribution in [-0.4, -0.2) is 41.0 Å². The molecule has 0 aliphatic carbocycles. The Morgan fingerprint density at radius 2 is 1.95 bits per heavy atom. The van der Waals surface area contributed by atoms with Gasteiger partial charge in [0.1, 0.15) is 0 Å². The Bertz CT molecular complexity index is 384. The molecule has 2 unspecified atom stereocenters. The van der Waals surface area contributed by atoms with Gasteiger partial charge in [-0.1, -0.05) is 25.1 Å². The smallest absolute Gasteiger partial charge is 0.0861 e. The normalized spacial score (nSPS) is 14.4. The molecule has 108 valence electrons. The first kappa shape index (κ1) is 16.5. The van der Waals surface area contributed by atoms with Crippen molar-refractivity contribution in [2.75, 3.05) is 24.7 Å². The van der Waals surface area contributed by atoms with Crippen molar-refractivity contribution >= 4 is 11.8 Å². The van der Waals surface area contributed by atoms with Crippen LogP contribution in [0.15, 0.2) is 18.2 Å². The number of aryl methyl sites for hydroxylation is 2. The number of thioether (sulfide) groups is 1. The third-order valence-corrected chi connectivity index (χ3v) is 4.38. The minimum atomic E-state index is -0.618. The predicted molar refractivity (Wildman–Crippen MR) is 82.8 cm³/mol. The standard InChI is InChI=1S/C15H25NO2S/c1-4-16-15(10-19-9-14(18)8-17)13-6-5-11(2)12(3)7-13/h5-7,14-18H,4,8-10H2,1-3H3. The van der Waals surface area contributed by atoms with Gasteiger partial charge in [-0.2, -0.15) is 11.8 Å². The summed E-state index contributed by atoms with van der Waals surface area (Å²) in [6.07, 6.45) is -0.618. The SMILES string of the molecule is CCNC(CSCC(O)CO)c1ccc(C)c(C)c1. The van der Waals surface area contributed by atoms with Gasteiger partial charge in [-0.05, 0) is 37.1 Å². The van der Waals surface area contributed by atoms with Crippen molar-refractivity contribution in [3.05, 3.63) is 34.9 Å². The summed E-state index contributed by atoms with van der Waals surface area (Å²) in [6.45, 7) is 7.10. The van der Waals surface area contributed by atoms with Gasteiger partial charge in [0, 0.05) is 17.5 Å². The van der Waals surface area contributed by atoms with Crippen molar-refractivity contribution < 1.29 is 10.2 Å². The van der Waals surface area contributed by atoms with Gasteiger partial charge in [-0.25, -0.2) is 0 Å². The molecule has 0 spiro atoms. The van der Waals surface area contributed by atoms with Crippen LogP contribution in [0.1, 0.15) is 29.7 Å². The van der Waals surface area contributed by atoms with E-state index in [0.29, 0.717) is 11.8 Å². The van der Waals surface area contributed by atoms with E-state index in [1.54, 1.807) is 11.8 Å². The number of aliphatic hydroxyl groups is 2. The number of aliphatic hydroxyl groups excluding tert-OH is 2. The fourth-order valence-corrected chi connectivity index (χ4v) is 2.93. The Balaban J connectivity index is 2.63. The number of hydrogen-bond acceptors (Lipinski definition) is 4. The van der Waals surface area contributed by atoms with Gasteiger partial charge < -0.3 is 15.5 Å². The zero-order valence-corrected chi connectivity index (χ0v) is 12.8. The van der Waals surface area contributed by atoms with E-state index in [2.05, 4.69) is 44.3 Å². The van der Waals surface area contributed by atoms with Gasteiger partial charge in [0.25, 0.3) is 0 Å². The number of hydrogen-bond donors (Lipinski definition) is 3. The van der Waals surface area contributed by atoms with E-state index in [4.69, 9.17) is 5.11 Å². The Morgan fingerprint density at radius 3 is 2.53 bits per heavy atom. The highest BCUT2D eigenvalue weighted by atomic mass is 32.2. The lowest BCUT2D eigenvalue weighted by Gasteiger charge is -2.19. The molecule has 19 heavy (non-hydrogen) atoms. The summed E-state index contributed by atoms with van der Waals surface area (Å²) in [5, 5.41) is 21.6. The fourth-order valence-electron chi connectivity index (χ4n) is 1.88. The molecular weight excluding hydrogens is 258 g/mol. The first-order chi connectivity index (χ1) is 9.08. The molecule has 0 saturated heterocycles. The maximum absolute atomic E-state index is 9.36. The largest absolute Gasteiger partial charge is 0.394 e. The van der Waals surface area contributed by atoms with Crippen LogP contribution in [0.2, 0.25) is 0 Å². The van der Waals surface area contributed by atoms with Gasteiger partial charge in [0.2, 0.25) is 0 Å². The summed E-state index contributed by atoms with van der Waals surface area (Å²) >= 11 is 1.67. The second-order valence-corrected chi connectivity index (χ2v) is 5.90. The molecule has 1 rings (SSSR count). The lowest BCUT2D eigenvalue weighted by atomic mass is 10.0. The molecule has 2 atom stereocenters. The third kappa shape index (κ3) is 5.53. The minimum Gasteiger partial charge on any atom is -0.394 e. The van der Waals surface area contributed by atoms with Crippen LogP contribution in [-0.2, 0) is 0 Å². The number of rotatable bonds is 8. The fraction of sp³-hybridized carbons (Fsp3) is 0.600. The van der Waals surface area contributed by atoms with Crippen LogP contribution < -0.4 is 5.32 Å². The molecule has 1 aromatic rings. The van der Waals surface area contributed by atoms with Crippen LogP contribution >= 0.6 is 11.8 Å². The van der Waals surface area contributed by atoms with Gasteiger partial charge in [-0.15, -0.1) is 0 Å². The molecule has 0 radical (unpaired) electrons. The van der Waals surface area contributed by atoms with E-state index in [0.717, 1.165) is 12.3 Å². The van der Waals surface area contributed by atoms with Crippen LogP contribution in [0, 0.1) is 13.8 Å². The monoisotopic (exact) mass is 283 g/mol. The summed E-state index contributed by atoms with van der Waals surface area (Å²) in [4.78, 5) is 0. The van der Waals surface area contributed by atoms with Crippen molar-refractivity contribution in [1.82, 2.24) is 5.32 Å². The molecule has 0 bridgehead atoms. The quantitative estimate of drug-likeness (QED) is 0.683. The van der Waals surface area contributed by atoms with E-state index in [9.17, 15) is 5.11 Å².